The lowest BCUT2D eigenvalue weighted by atomic mass is 10.1. The van der Waals surface area contributed by atoms with Crippen LogP contribution in [-0.2, 0) is 7.05 Å². The summed E-state index contributed by atoms with van der Waals surface area (Å²) in [6.07, 6.45) is 4.72. The van der Waals surface area contributed by atoms with Gasteiger partial charge in [-0.3, -0.25) is 0 Å². The molecule has 6 rings (SSSR count). The second kappa shape index (κ2) is 7.39. The van der Waals surface area contributed by atoms with Crippen molar-refractivity contribution in [3.63, 3.8) is 0 Å². The zero-order valence-electron chi connectivity index (χ0n) is 18.9. The molecule has 0 N–H and O–H groups in total. The van der Waals surface area contributed by atoms with Crippen LogP contribution < -0.4 is 4.90 Å². The Labute approximate surface area is 187 Å². The van der Waals surface area contributed by atoms with Crippen molar-refractivity contribution in [3.05, 3.63) is 53.5 Å². The lowest BCUT2D eigenvalue weighted by molar-refractivity contribution is 0.566. The Hall–Kier alpha value is -3.29. The highest BCUT2D eigenvalue weighted by Gasteiger charge is 2.44. The van der Waals surface area contributed by atoms with E-state index in [0.717, 1.165) is 60.0 Å². The number of benzene rings is 1. The summed E-state index contributed by atoms with van der Waals surface area (Å²) in [5.74, 6) is 5.10. The molecule has 2 atom stereocenters. The average Bonchev–Trinajstić information content (AvgIpc) is 3.44. The van der Waals surface area contributed by atoms with Crippen molar-refractivity contribution in [2.24, 2.45) is 7.05 Å². The van der Waals surface area contributed by atoms with Crippen LogP contribution in [0.4, 0.5) is 5.95 Å². The number of nitrogens with zero attached hydrogens (tertiary/aromatic N) is 8. The molecule has 4 heterocycles. The van der Waals surface area contributed by atoms with E-state index in [-0.39, 0.29) is 0 Å². The van der Waals surface area contributed by atoms with Crippen LogP contribution in [0.1, 0.15) is 60.7 Å². The third-order valence-corrected chi connectivity index (χ3v) is 6.78. The second-order valence-electron chi connectivity index (χ2n) is 9.08. The van der Waals surface area contributed by atoms with Crippen molar-refractivity contribution in [1.82, 2.24) is 34.3 Å². The lowest BCUT2D eigenvalue weighted by Crippen LogP contribution is -2.31. The van der Waals surface area contributed by atoms with Crippen LogP contribution in [0, 0.1) is 13.8 Å². The van der Waals surface area contributed by atoms with Gasteiger partial charge in [-0.25, -0.2) is 15.0 Å². The van der Waals surface area contributed by atoms with Gasteiger partial charge in [-0.1, -0.05) is 12.1 Å². The summed E-state index contributed by atoms with van der Waals surface area (Å²) in [5, 5.41) is 4.59. The van der Waals surface area contributed by atoms with Gasteiger partial charge in [-0.15, -0.1) is 5.10 Å². The molecule has 0 unspecified atom stereocenters. The highest BCUT2D eigenvalue weighted by Crippen LogP contribution is 2.54. The van der Waals surface area contributed by atoms with E-state index >= 15 is 0 Å². The molecule has 1 aromatic carbocycles. The monoisotopic (exact) mass is 428 g/mol. The number of aryl methyl sites for hydroxylation is 3. The highest BCUT2D eigenvalue weighted by atomic mass is 15.4. The molecule has 32 heavy (non-hydrogen) atoms. The molecule has 8 nitrogen and oxygen atoms in total. The minimum absolute atomic E-state index is 0.348. The molecule has 1 saturated carbocycles. The van der Waals surface area contributed by atoms with Gasteiger partial charge in [0.1, 0.15) is 17.5 Å². The topological polar surface area (TPSA) is 77.5 Å². The number of para-hydroxylation sites is 2. The number of aromatic nitrogens is 7. The maximum absolute atomic E-state index is 5.06. The largest absolute Gasteiger partial charge is 0.341 e. The van der Waals surface area contributed by atoms with Crippen LogP contribution >= 0.6 is 0 Å². The summed E-state index contributed by atoms with van der Waals surface area (Å²) < 4.78 is 4.08. The van der Waals surface area contributed by atoms with Gasteiger partial charge in [0, 0.05) is 38.0 Å². The van der Waals surface area contributed by atoms with E-state index in [1.165, 1.54) is 24.8 Å². The fourth-order valence-electron chi connectivity index (χ4n) is 5.01. The number of anilines is 1. The van der Waals surface area contributed by atoms with Crippen molar-refractivity contribution in [3.8, 4) is 5.82 Å². The molecule has 1 aliphatic carbocycles. The molecule has 2 aliphatic rings. The first-order valence-corrected chi connectivity index (χ1v) is 11.5. The summed E-state index contributed by atoms with van der Waals surface area (Å²) in [6.45, 7) is 5.91. The van der Waals surface area contributed by atoms with Crippen LogP contribution in [0.2, 0.25) is 0 Å². The predicted molar refractivity (Wildman–Crippen MR) is 123 cm³/mol. The summed E-state index contributed by atoms with van der Waals surface area (Å²) in [6, 6.07) is 10.4. The molecule has 2 fully saturated rings. The Bertz CT molecular complexity index is 1300. The molecule has 1 saturated heterocycles. The summed E-state index contributed by atoms with van der Waals surface area (Å²) in [7, 11) is 2.12. The molecular weight excluding hydrogens is 400 g/mol. The van der Waals surface area contributed by atoms with Crippen LogP contribution in [0.25, 0.3) is 16.9 Å². The van der Waals surface area contributed by atoms with E-state index in [4.69, 9.17) is 15.0 Å². The Morgan fingerprint density at radius 2 is 1.72 bits per heavy atom. The molecule has 0 radical (unpaired) electrons. The Kier molecular flexibility index (Phi) is 4.48. The Balaban J connectivity index is 1.39. The molecule has 8 heteroatoms. The molecule has 0 amide bonds. The van der Waals surface area contributed by atoms with Gasteiger partial charge in [0.25, 0.3) is 0 Å². The number of hydrogen-bond acceptors (Lipinski definition) is 6. The number of fused-ring (bicyclic) bond motifs is 1. The molecule has 1 aliphatic heterocycles. The number of imidazole rings is 1. The minimum Gasteiger partial charge on any atom is -0.341 e. The fraction of sp³-hybridized carbons (Fsp3) is 0.458. The Morgan fingerprint density at radius 1 is 0.906 bits per heavy atom. The van der Waals surface area contributed by atoms with Crippen LogP contribution in [0.5, 0.6) is 0 Å². The van der Waals surface area contributed by atoms with Gasteiger partial charge in [-0.05, 0) is 51.7 Å². The summed E-state index contributed by atoms with van der Waals surface area (Å²) >= 11 is 0. The van der Waals surface area contributed by atoms with E-state index in [2.05, 4.69) is 50.9 Å². The SMILES string of the molecule is Cc1nc(C)n(-c2cc([C@H]3C[C@@H]3c3nc4ccccc4n3C)nc(N3CCCCC3)n2)n1. The standard InChI is InChI=1S/C24H28N8/c1-15-25-16(2)32(29-15)22-14-20(27-24(28-22)31-11-7-4-8-12-31)17-13-18(17)23-26-19-9-5-6-10-21(19)30(23)3/h5-6,9-10,14,17-18H,4,7-8,11-13H2,1-3H3/t17-,18-/m0/s1. The average molecular weight is 429 g/mol. The third-order valence-electron chi connectivity index (χ3n) is 6.78. The van der Waals surface area contributed by atoms with E-state index in [0.29, 0.717) is 11.8 Å². The van der Waals surface area contributed by atoms with Crippen molar-refractivity contribution in [1.29, 1.82) is 0 Å². The maximum atomic E-state index is 5.06. The fourth-order valence-corrected chi connectivity index (χ4v) is 5.01. The molecule has 0 bridgehead atoms. The highest BCUT2D eigenvalue weighted by molar-refractivity contribution is 5.76. The lowest BCUT2D eigenvalue weighted by Gasteiger charge is -2.27. The van der Waals surface area contributed by atoms with E-state index in [9.17, 15) is 0 Å². The van der Waals surface area contributed by atoms with Crippen molar-refractivity contribution in [2.45, 2.75) is 51.4 Å². The minimum atomic E-state index is 0.348. The third kappa shape index (κ3) is 3.25. The van der Waals surface area contributed by atoms with Gasteiger partial charge in [-0.2, -0.15) is 9.67 Å². The van der Waals surface area contributed by atoms with Gasteiger partial charge in [0.15, 0.2) is 5.82 Å². The zero-order valence-corrected chi connectivity index (χ0v) is 18.9. The Morgan fingerprint density at radius 3 is 2.47 bits per heavy atom. The first-order chi connectivity index (χ1) is 15.6. The zero-order chi connectivity index (χ0) is 21.8. The van der Waals surface area contributed by atoms with Crippen molar-refractivity contribution in [2.75, 3.05) is 18.0 Å². The quantitative estimate of drug-likeness (QED) is 0.492. The van der Waals surface area contributed by atoms with Crippen molar-refractivity contribution >= 4 is 17.0 Å². The van der Waals surface area contributed by atoms with E-state index in [1.807, 2.05) is 24.6 Å². The van der Waals surface area contributed by atoms with Gasteiger partial charge in [0.2, 0.25) is 5.95 Å². The first-order valence-electron chi connectivity index (χ1n) is 11.5. The summed E-state index contributed by atoms with van der Waals surface area (Å²) in [5.41, 5.74) is 3.32. The molecule has 3 aromatic heterocycles. The molecule has 4 aromatic rings. The molecular formula is C24H28N8. The van der Waals surface area contributed by atoms with Crippen molar-refractivity contribution < 1.29 is 0 Å². The van der Waals surface area contributed by atoms with Crippen LogP contribution in [-0.4, -0.2) is 47.4 Å². The van der Waals surface area contributed by atoms with E-state index < -0.39 is 0 Å². The normalized spacial score (nSPS) is 20.8. The molecule has 0 spiro atoms. The number of rotatable bonds is 4. The van der Waals surface area contributed by atoms with Gasteiger partial charge < -0.3 is 9.47 Å². The maximum Gasteiger partial charge on any atom is 0.227 e. The second-order valence-corrected chi connectivity index (χ2v) is 9.08. The van der Waals surface area contributed by atoms with Crippen LogP contribution in [0.3, 0.4) is 0 Å². The first kappa shape index (κ1) is 19.4. The van der Waals surface area contributed by atoms with Crippen LogP contribution in [0.15, 0.2) is 30.3 Å². The van der Waals surface area contributed by atoms with Gasteiger partial charge in [0.05, 0.1) is 16.7 Å². The summed E-state index contributed by atoms with van der Waals surface area (Å²) in [4.78, 5) is 21.7. The molecule has 164 valence electrons. The number of piperidine rings is 1. The smallest absolute Gasteiger partial charge is 0.227 e. The predicted octanol–water partition coefficient (Wildman–Crippen LogP) is 3.82. The number of hydrogen-bond donors (Lipinski definition) is 0. The van der Waals surface area contributed by atoms with E-state index in [1.54, 1.807) is 0 Å². The van der Waals surface area contributed by atoms with Gasteiger partial charge >= 0.3 is 0 Å².